The van der Waals surface area contributed by atoms with Crippen molar-refractivity contribution in [1.82, 2.24) is 19.8 Å². The lowest BCUT2D eigenvalue weighted by molar-refractivity contribution is 0.0937. The van der Waals surface area contributed by atoms with E-state index in [1.54, 1.807) is 25.1 Å². The number of hydrogen-bond acceptors (Lipinski definition) is 4. The summed E-state index contributed by atoms with van der Waals surface area (Å²) in [6.07, 6.45) is 2.01. The number of carbonyl (C=O) groups is 1. The molecule has 2 aromatic carbocycles. The minimum atomic E-state index is -0.522. The first-order valence-electron chi connectivity index (χ1n) is 10.6. The molecule has 7 nitrogen and oxygen atoms in total. The predicted molar refractivity (Wildman–Crippen MR) is 122 cm³/mol. The van der Waals surface area contributed by atoms with E-state index in [4.69, 9.17) is 11.6 Å². The topological polar surface area (TPSA) is 87.2 Å². The number of amides is 1. The zero-order valence-corrected chi connectivity index (χ0v) is 18.4. The number of H-pyrrole nitrogens is 1. The van der Waals surface area contributed by atoms with Crippen LogP contribution in [0.1, 0.15) is 41.7 Å². The average Bonchev–Trinajstić information content (AvgIpc) is 3.30. The van der Waals surface area contributed by atoms with E-state index in [-0.39, 0.29) is 19.0 Å². The molecule has 0 saturated carbocycles. The van der Waals surface area contributed by atoms with Gasteiger partial charge in [0.25, 0.3) is 11.5 Å². The van der Waals surface area contributed by atoms with Crippen LogP contribution in [0, 0.1) is 5.82 Å². The third-order valence-electron chi connectivity index (χ3n) is 5.93. The molecule has 2 N–H and O–H groups in total. The summed E-state index contributed by atoms with van der Waals surface area (Å²) in [6, 6.07) is 8.73. The van der Waals surface area contributed by atoms with Crippen LogP contribution >= 0.6 is 11.6 Å². The Kier molecular flexibility index (Phi) is 6.43. The highest BCUT2D eigenvalue weighted by atomic mass is 35.5. The Hall–Kier alpha value is -2.97. The van der Waals surface area contributed by atoms with Gasteiger partial charge in [0, 0.05) is 29.2 Å². The number of fused-ring (bicyclic) bond motifs is 1. The predicted octanol–water partition coefficient (Wildman–Crippen LogP) is 3.07. The number of benzene rings is 2. The normalized spacial score (nSPS) is 15.2. The average molecular weight is 459 g/mol. The Balaban J connectivity index is 1.60. The van der Waals surface area contributed by atoms with Crippen molar-refractivity contribution >= 4 is 28.4 Å². The monoisotopic (exact) mass is 458 g/mol. The minimum Gasteiger partial charge on any atom is -0.350 e. The van der Waals surface area contributed by atoms with Crippen molar-refractivity contribution < 1.29 is 9.18 Å². The molecule has 4 rings (SSSR count). The first kappa shape index (κ1) is 22.2. The van der Waals surface area contributed by atoms with Crippen LogP contribution in [0.15, 0.2) is 46.0 Å². The van der Waals surface area contributed by atoms with Crippen molar-refractivity contribution in [3.8, 4) is 0 Å². The molecule has 1 saturated heterocycles. The smallest absolute Gasteiger partial charge is 0.328 e. The highest BCUT2D eigenvalue weighted by Gasteiger charge is 2.28. The fraction of sp³-hybridized carbons (Fsp3) is 0.348. The number of hydrogen-bond donors (Lipinski definition) is 2. The number of nitrogens with zero attached hydrogens (tertiary/aromatic N) is 2. The second-order valence-electron chi connectivity index (χ2n) is 7.84. The summed E-state index contributed by atoms with van der Waals surface area (Å²) in [4.78, 5) is 42.2. The van der Waals surface area contributed by atoms with Crippen LogP contribution in [-0.2, 0) is 6.54 Å². The molecule has 1 atom stereocenters. The molecule has 0 aliphatic carbocycles. The molecule has 1 aromatic heterocycles. The third kappa shape index (κ3) is 4.20. The second-order valence-corrected chi connectivity index (χ2v) is 8.25. The fourth-order valence-electron chi connectivity index (χ4n) is 4.27. The molecule has 0 radical (unpaired) electrons. The van der Waals surface area contributed by atoms with E-state index in [2.05, 4.69) is 15.2 Å². The maximum absolute atomic E-state index is 14.6. The Morgan fingerprint density at radius 1 is 1.22 bits per heavy atom. The van der Waals surface area contributed by atoms with Crippen molar-refractivity contribution in [1.29, 1.82) is 0 Å². The first-order chi connectivity index (χ1) is 15.4. The van der Waals surface area contributed by atoms with Gasteiger partial charge in [-0.25, -0.2) is 9.18 Å². The summed E-state index contributed by atoms with van der Waals surface area (Å²) in [7, 11) is 0. The van der Waals surface area contributed by atoms with Gasteiger partial charge in [-0.1, -0.05) is 17.7 Å². The molecule has 1 fully saturated rings. The van der Waals surface area contributed by atoms with E-state index >= 15 is 0 Å². The molecule has 1 amide bonds. The van der Waals surface area contributed by atoms with Gasteiger partial charge in [0.1, 0.15) is 5.82 Å². The van der Waals surface area contributed by atoms with Crippen molar-refractivity contribution in [3.05, 3.63) is 79.2 Å². The number of aromatic amines is 1. The van der Waals surface area contributed by atoms with Gasteiger partial charge in [0.2, 0.25) is 0 Å². The van der Waals surface area contributed by atoms with Crippen LogP contribution in [0.4, 0.5) is 4.39 Å². The van der Waals surface area contributed by atoms with E-state index in [0.717, 1.165) is 30.5 Å². The number of carbonyl (C=O) groups excluding carboxylic acids is 1. The number of rotatable bonds is 6. The summed E-state index contributed by atoms with van der Waals surface area (Å²) < 4.78 is 15.7. The fourth-order valence-corrected chi connectivity index (χ4v) is 4.56. The van der Waals surface area contributed by atoms with Crippen molar-refractivity contribution in [2.45, 2.75) is 32.4 Å². The summed E-state index contributed by atoms with van der Waals surface area (Å²) >= 11 is 6.31. The van der Waals surface area contributed by atoms with Crippen LogP contribution in [0.2, 0.25) is 5.02 Å². The molecule has 0 bridgehead atoms. The van der Waals surface area contributed by atoms with Gasteiger partial charge in [-0.15, -0.1) is 0 Å². The van der Waals surface area contributed by atoms with Gasteiger partial charge in [-0.3, -0.25) is 19.1 Å². The summed E-state index contributed by atoms with van der Waals surface area (Å²) in [5.41, 5.74) is 0.0406. The molecule has 9 heteroatoms. The van der Waals surface area contributed by atoms with Crippen LogP contribution < -0.4 is 16.6 Å². The van der Waals surface area contributed by atoms with E-state index in [1.165, 1.54) is 18.2 Å². The molecule has 32 heavy (non-hydrogen) atoms. The largest absolute Gasteiger partial charge is 0.350 e. The maximum atomic E-state index is 14.6. The van der Waals surface area contributed by atoms with Crippen LogP contribution in [0.3, 0.4) is 0 Å². The standard InChI is InChI=1S/C23H24ClFN4O3/c1-2-29-22(31)15-9-8-14(12-18(15)27-23(29)32)21(30)26-13-19(28-10-3-4-11-28)20-16(24)6-5-7-17(20)25/h5-9,12,19H,2-4,10-11,13H2,1H3,(H,26,30)(H,27,32). The highest BCUT2D eigenvalue weighted by Crippen LogP contribution is 2.32. The lowest BCUT2D eigenvalue weighted by Crippen LogP contribution is -2.37. The Labute approximate surface area is 188 Å². The molecule has 2 heterocycles. The SMILES string of the molecule is CCn1c(=O)[nH]c2cc(C(=O)NCC(c3c(F)cccc3Cl)N3CCCC3)ccc2c1=O. The van der Waals surface area contributed by atoms with E-state index in [9.17, 15) is 18.8 Å². The van der Waals surface area contributed by atoms with Crippen molar-refractivity contribution in [2.75, 3.05) is 19.6 Å². The molecule has 0 spiro atoms. The summed E-state index contributed by atoms with van der Waals surface area (Å²) in [5, 5.41) is 3.52. The van der Waals surface area contributed by atoms with Gasteiger partial charge in [-0.2, -0.15) is 0 Å². The van der Waals surface area contributed by atoms with Gasteiger partial charge < -0.3 is 10.3 Å². The number of halogens is 2. The first-order valence-corrected chi connectivity index (χ1v) is 11.0. The zero-order valence-electron chi connectivity index (χ0n) is 17.7. The molecular weight excluding hydrogens is 435 g/mol. The minimum absolute atomic E-state index is 0.172. The highest BCUT2D eigenvalue weighted by molar-refractivity contribution is 6.31. The summed E-state index contributed by atoms with van der Waals surface area (Å²) in [5.74, 6) is -0.789. The van der Waals surface area contributed by atoms with Crippen molar-refractivity contribution in [2.24, 2.45) is 0 Å². The van der Waals surface area contributed by atoms with Crippen molar-refractivity contribution in [3.63, 3.8) is 0 Å². The molecule has 1 aliphatic heterocycles. The van der Waals surface area contributed by atoms with Crippen LogP contribution in [-0.4, -0.2) is 40.0 Å². The maximum Gasteiger partial charge on any atom is 0.328 e. The zero-order chi connectivity index (χ0) is 22.8. The van der Waals surface area contributed by atoms with Gasteiger partial charge in [0.15, 0.2) is 0 Å². The van der Waals surface area contributed by atoms with Gasteiger partial charge in [-0.05, 0) is 63.2 Å². The van der Waals surface area contributed by atoms with E-state index < -0.39 is 23.1 Å². The van der Waals surface area contributed by atoms with E-state index in [1.807, 2.05) is 0 Å². The van der Waals surface area contributed by atoms with E-state index in [0.29, 0.717) is 27.1 Å². The molecule has 1 aliphatic rings. The number of likely N-dealkylation sites (tertiary alicyclic amines) is 1. The lowest BCUT2D eigenvalue weighted by Gasteiger charge is -2.29. The van der Waals surface area contributed by atoms with Crippen LogP contribution in [0.5, 0.6) is 0 Å². The van der Waals surface area contributed by atoms with Crippen LogP contribution in [0.25, 0.3) is 10.9 Å². The summed E-state index contributed by atoms with van der Waals surface area (Å²) in [6.45, 7) is 3.73. The second kappa shape index (κ2) is 9.26. The number of nitrogens with one attached hydrogen (secondary N) is 2. The lowest BCUT2D eigenvalue weighted by atomic mass is 10.0. The molecular formula is C23H24ClFN4O3. The molecule has 1 unspecified atom stereocenters. The molecule has 3 aromatic rings. The Morgan fingerprint density at radius 2 is 1.97 bits per heavy atom. The molecule has 168 valence electrons. The van der Waals surface area contributed by atoms with Gasteiger partial charge in [0.05, 0.1) is 16.9 Å². The number of aromatic nitrogens is 2. The quantitative estimate of drug-likeness (QED) is 0.594. The van der Waals surface area contributed by atoms with Gasteiger partial charge >= 0.3 is 5.69 Å². The Bertz CT molecular complexity index is 1260. The third-order valence-corrected chi connectivity index (χ3v) is 6.26. The Morgan fingerprint density at radius 3 is 2.66 bits per heavy atom.